The van der Waals surface area contributed by atoms with Crippen LogP contribution < -0.4 is 0 Å². The Bertz CT molecular complexity index is 379. The second kappa shape index (κ2) is 4.66. The van der Waals surface area contributed by atoms with Crippen molar-refractivity contribution in [1.29, 1.82) is 0 Å². The fraction of sp³-hybridized carbons (Fsp3) is 0.867. The monoisotopic (exact) mass is 266 g/mol. The fourth-order valence-electron chi connectivity index (χ4n) is 4.46. The Morgan fingerprint density at radius 3 is 2.89 bits per heavy atom. The molecule has 2 bridgehead atoms. The van der Waals surface area contributed by atoms with Crippen molar-refractivity contribution in [2.75, 3.05) is 0 Å². The van der Waals surface area contributed by atoms with Crippen LogP contribution >= 0.6 is 11.8 Å². The van der Waals surface area contributed by atoms with Crippen molar-refractivity contribution in [3.05, 3.63) is 0 Å². The molecular weight excluding hydrogens is 244 g/mol. The second-order valence-electron chi connectivity index (χ2n) is 6.39. The Kier molecular flexibility index (Phi) is 3.29. The molecule has 0 aromatic rings. The number of thioether (sulfide) groups is 1. The fourth-order valence-corrected chi connectivity index (χ4v) is 6.06. The van der Waals surface area contributed by atoms with Gasteiger partial charge in [-0.3, -0.25) is 9.59 Å². The predicted octanol–water partition coefficient (Wildman–Crippen LogP) is 3.58. The Morgan fingerprint density at radius 1 is 1.33 bits per heavy atom. The Balaban J connectivity index is 1.82. The molecule has 0 N–H and O–H groups in total. The molecule has 2 nitrogen and oxygen atoms in total. The highest BCUT2D eigenvalue weighted by atomic mass is 32.2. The molecule has 0 spiro atoms. The first-order chi connectivity index (χ1) is 8.66. The van der Waals surface area contributed by atoms with Crippen molar-refractivity contribution < 1.29 is 9.59 Å². The molecule has 0 aromatic carbocycles. The van der Waals surface area contributed by atoms with Gasteiger partial charge in [0.15, 0.2) is 5.12 Å². The minimum Gasteiger partial charge on any atom is -0.299 e. The van der Waals surface area contributed by atoms with E-state index in [4.69, 9.17) is 0 Å². The molecule has 0 radical (unpaired) electrons. The van der Waals surface area contributed by atoms with Crippen LogP contribution in [0.25, 0.3) is 0 Å². The number of unbranched alkanes of at least 4 members (excludes halogenated alkanes) is 2. The lowest BCUT2D eigenvalue weighted by Crippen LogP contribution is -2.53. The summed E-state index contributed by atoms with van der Waals surface area (Å²) in [6.45, 7) is 2.22. The maximum Gasteiger partial charge on any atom is 0.189 e. The van der Waals surface area contributed by atoms with Crippen molar-refractivity contribution in [2.24, 2.45) is 17.3 Å². The van der Waals surface area contributed by atoms with Crippen molar-refractivity contribution in [3.63, 3.8) is 0 Å². The number of rotatable bonds is 4. The molecule has 0 amide bonds. The summed E-state index contributed by atoms with van der Waals surface area (Å²) in [6, 6.07) is 0. The Labute approximate surface area is 113 Å². The quantitative estimate of drug-likeness (QED) is 0.729. The summed E-state index contributed by atoms with van der Waals surface area (Å²) in [4.78, 5) is 24.0. The molecule has 4 aliphatic rings. The number of carbonyl (C=O) groups excluding carboxylic acids is 2. The van der Waals surface area contributed by atoms with E-state index in [1.807, 2.05) is 0 Å². The van der Waals surface area contributed by atoms with Crippen LogP contribution in [-0.2, 0) is 9.59 Å². The van der Waals surface area contributed by atoms with E-state index in [0.717, 1.165) is 12.8 Å². The Hall–Kier alpha value is -0.310. The van der Waals surface area contributed by atoms with Crippen molar-refractivity contribution in [3.8, 4) is 0 Å². The van der Waals surface area contributed by atoms with Gasteiger partial charge in [0.1, 0.15) is 5.78 Å². The third-order valence-electron chi connectivity index (χ3n) is 5.34. The third-order valence-corrected chi connectivity index (χ3v) is 6.87. The molecule has 3 aliphatic carbocycles. The van der Waals surface area contributed by atoms with E-state index in [-0.39, 0.29) is 11.3 Å². The normalized spacial score (nSPS) is 42.4. The largest absolute Gasteiger partial charge is 0.299 e. The average Bonchev–Trinajstić information content (AvgIpc) is 2.73. The highest BCUT2D eigenvalue weighted by molar-refractivity contribution is 8.14. The van der Waals surface area contributed by atoms with Gasteiger partial charge in [0.25, 0.3) is 0 Å². The van der Waals surface area contributed by atoms with Gasteiger partial charge in [0.05, 0.1) is 0 Å². The molecule has 1 saturated heterocycles. The highest BCUT2D eigenvalue weighted by Crippen LogP contribution is 2.62. The van der Waals surface area contributed by atoms with Crippen molar-refractivity contribution in [1.82, 2.24) is 0 Å². The van der Waals surface area contributed by atoms with Gasteiger partial charge in [-0.15, -0.1) is 0 Å². The molecule has 18 heavy (non-hydrogen) atoms. The van der Waals surface area contributed by atoms with Gasteiger partial charge >= 0.3 is 0 Å². The van der Waals surface area contributed by atoms with Gasteiger partial charge in [-0.05, 0) is 30.6 Å². The summed E-state index contributed by atoms with van der Waals surface area (Å²) in [5, 5.41) is 0.810. The maximum atomic E-state index is 12.2. The average molecular weight is 266 g/mol. The lowest BCUT2D eigenvalue weighted by atomic mass is 9.53. The molecule has 3 saturated carbocycles. The second-order valence-corrected chi connectivity index (χ2v) is 7.59. The summed E-state index contributed by atoms with van der Waals surface area (Å²) in [5.41, 5.74) is 0.183. The molecule has 3 heteroatoms. The number of fused-ring (bicyclic) bond motifs is 2. The third kappa shape index (κ3) is 1.86. The van der Waals surface area contributed by atoms with Crippen LogP contribution in [0.4, 0.5) is 0 Å². The van der Waals surface area contributed by atoms with Crippen LogP contribution in [0.2, 0.25) is 0 Å². The molecular formula is C15H22O2S. The standard InChI is InChI=1S/C15H22O2S/c1-2-3-4-6-15-7-5-10(12(16)9-15)11-8-13(17)18-14(11)15/h10-11,14H,2-9H2,1H3/t10?,11-,14-,15?/m1/s1. The first kappa shape index (κ1) is 12.7. The number of hydrogen-bond donors (Lipinski definition) is 0. The van der Waals surface area contributed by atoms with Crippen LogP contribution in [0.15, 0.2) is 0 Å². The molecule has 1 heterocycles. The van der Waals surface area contributed by atoms with E-state index in [2.05, 4.69) is 6.92 Å². The van der Waals surface area contributed by atoms with Gasteiger partial charge in [0.2, 0.25) is 0 Å². The zero-order chi connectivity index (χ0) is 12.8. The van der Waals surface area contributed by atoms with Gasteiger partial charge < -0.3 is 0 Å². The van der Waals surface area contributed by atoms with E-state index in [1.54, 1.807) is 11.8 Å². The van der Waals surface area contributed by atoms with Crippen LogP contribution in [0.5, 0.6) is 0 Å². The van der Waals surface area contributed by atoms with Gasteiger partial charge in [-0.25, -0.2) is 0 Å². The minimum absolute atomic E-state index is 0.183. The summed E-state index contributed by atoms with van der Waals surface area (Å²) in [7, 11) is 0. The Morgan fingerprint density at radius 2 is 2.17 bits per heavy atom. The van der Waals surface area contributed by atoms with Crippen molar-refractivity contribution >= 4 is 22.7 Å². The molecule has 4 fully saturated rings. The molecule has 0 aromatic heterocycles. The topological polar surface area (TPSA) is 34.1 Å². The van der Waals surface area contributed by atoms with E-state index in [9.17, 15) is 9.59 Å². The van der Waals surface area contributed by atoms with Crippen molar-refractivity contribution in [2.45, 2.75) is 63.5 Å². The summed E-state index contributed by atoms with van der Waals surface area (Å²) < 4.78 is 0. The lowest BCUT2D eigenvalue weighted by Gasteiger charge is -2.53. The highest BCUT2D eigenvalue weighted by Gasteiger charge is 2.59. The molecule has 100 valence electrons. The lowest BCUT2D eigenvalue weighted by molar-refractivity contribution is -0.137. The van der Waals surface area contributed by atoms with Gasteiger partial charge in [0, 0.05) is 24.0 Å². The van der Waals surface area contributed by atoms with Crippen LogP contribution in [0.1, 0.15) is 58.3 Å². The zero-order valence-corrected chi connectivity index (χ0v) is 11.9. The van der Waals surface area contributed by atoms with Crippen LogP contribution in [0, 0.1) is 17.3 Å². The SMILES string of the molecule is CCCCCC12CCC(C(=O)C1)[C@H]1CC(=O)S[C@H]12. The van der Waals surface area contributed by atoms with E-state index < -0.39 is 0 Å². The molecule has 4 atom stereocenters. The number of Topliss-reactive ketones (excluding diaryl/α,β-unsaturated/α-hetero) is 1. The van der Waals surface area contributed by atoms with E-state index in [0.29, 0.717) is 28.5 Å². The molecule has 4 rings (SSSR count). The maximum absolute atomic E-state index is 12.2. The molecule has 2 unspecified atom stereocenters. The van der Waals surface area contributed by atoms with Gasteiger partial charge in [-0.2, -0.15) is 0 Å². The number of hydrogen-bond acceptors (Lipinski definition) is 3. The number of carbonyl (C=O) groups is 2. The summed E-state index contributed by atoms with van der Waals surface area (Å²) in [5.74, 6) is 1.08. The van der Waals surface area contributed by atoms with Crippen LogP contribution in [0.3, 0.4) is 0 Å². The van der Waals surface area contributed by atoms with Crippen LogP contribution in [-0.4, -0.2) is 16.1 Å². The summed E-state index contributed by atoms with van der Waals surface area (Å²) in [6.07, 6.45) is 8.56. The van der Waals surface area contributed by atoms with E-state index >= 15 is 0 Å². The van der Waals surface area contributed by atoms with E-state index in [1.165, 1.54) is 32.1 Å². The molecule has 1 aliphatic heterocycles. The minimum atomic E-state index is 0.183. The smallest absolute Gasteiger partial charge is 0.189 e. The zero-order valence-electron chi connectivity index (χ0n) is 11.1. The number of ketones is 1. The predicted molar refractivity (Wildman–Crippen MR) is 73.4 cm³/mol. The summed E-state index contributed by atoms with van der Waals surface area (Å²) >= 11 is 1.58. The van der Waals surface area contributed by atoms with Gasteiger partial charge in [-0.1, -0.05) is 37.9 Å². The first-order valence-electron chi connectivity index (χ1n) is 7.38. The first-order valence-corrected chi connectivity index (χ1v) is 8.26.